The van der Waals surface area contributed by atoms with Crippen molar-refractivity contribution < 1.29 is 4.74 Å². The standard InChI is InChI=1S/C16H23N3OS/c1-3-9-17-15-14-11-6-5-7-12(11)21-16(14)19-13(18-15)8-10-20-4-2/h3-10H2,1-2H3,(H,17,18,19). The van der Waals surface area contributed by atoms with Gasteiger partial charge in [-0.2, -0.15) is 0 Å². The maximum Gasteiger partial charge on any atom is 0.138 e. The molecule has 0 saturated heterocycles. The van der Waals surface area contributed by atoms with Crippen LogP contribution in [-0.2, 0) is 24.0 Å². The van der Waals surface area contributed by atoms with Crippen LogP contribution < -0.4 is 5.32 Å². The highest BCUT2D eigenvalue weighted by Gasteiger charge is 2.22. The van der Waals surface area contributed by atoms with Crippen LogP contribution in [0.25, 0.3) is 10.2 Å². The molecule has 2 aromatic heterocycles. The average molecular weight is 305 g/mol. The molecule has 0 spiro atoms. The maximum atomic E-state index is 5.43. The molecule has 0 unspecified atom stereocenters. The summed E-state index contributed by atoms with van der Waals surface area (Å²) in [6.07, 6.45) is 5.55. The first-order valence-corrected chi connectivity index (χ1v) is 8.77. The van der Waals surface area contributed by atoms with Gasteiger partial charge in [0.2, 0.25) is 0 Å². The van der Waals surface area contributed by atoms with Gasteiger partial charge in [-0.3, -0.25) is 0 Å². The zero-order valence-electron chi connectivity index (χ0n) is 12.9. The number of hydrogen-bond acceptors (Lipinski definition) is 5. The first-order valence-electron chi connectivity index (χ1n) is 7.96. The van der Waals surface area contributed by atoms with Gasteiger partial charge in [0, 0.05) is 24.4 Å². The Bertz CT molecular complexity index is 623. The second kappa shape index (κ2) is 6.71. The minimum absolute atomic E-state index is 0.695. The van der Waals surface area contributed by atoms with Gasteiger partial charge in [-0.05, 0) is 38.2 Å². The largest absolute Gasteiger partial charge is 0.381 e. The Morgan fingerprint density at radius 1 is 1.24 bits per heavy atom. The molecule has 5 heteroatoms. The van der Waals surface area contributed by atoms with Crippen LogP contribution in [0.2, 0.25) is 0 Å². The zero-order chi connectivity index (χ0) is 14.7. The smallest absolute Gasteiger partial charge is 0.138 e. The molecule has 1 N–H and O–H groups in total. The molecule has 0 amide bonds. The Morgan fingerprint density at radius 2 is 2.14 bits per heavy atom. The van der Waals surface area contributed by atoms with Crippen molar-refractivity contribution in [2.45, 2.75) is 46.0 Å². The molecule has 4 nitrogen and oxygen atoms in total. The Labute approximate surface area is 129 Å². The van der Waals surface area contributed by atoms with E-state index in [0.29, 0.717) is 6.61 Å². The number of rotatable bonds is 7. The third-order valence-electron chi connectivity index (χ3n) is 3.83. The summed E-state index contributed by atoms with van der Waals surface area (Å²) in [4.78, 5) is 12.2. The third kappa shape index (κ3) is 3.04. The Balaban J connectivity index is 1.96. The zero-order valence-corrected chi connectivity index (χ0v) is 13.7. The molecule has 21 heavy (non-hydrogen) atoms. The van der Waals surface area contributed by atoms with Gasteiger partial charge in [0.15, 0.2) is 0 Å². The van der Waals surface area contributed by atoms with Crippen LogP contribution in [0.15, 0.2) is 0 Å². The van der Waals surface area contributed by atoms with E-state index >= 15 is 0 Å². The molecular weight excluding hydrogens is 282 g/mol. The summed E-state index contributed by atoms with van der Waals surface area (Å²) in [5, 5.41) is 4.78. The van der Waals surface area contributed by atoms with E-state index in [1.165, 1.54) is 35.1 Å². The molecule has 3 rings (SSSR count). The summed E-state index contributed by atoms with van der Waals surface area (Å²) in [5.74, 6) is 1.93. The SMILES string of the molecule is CCCNc1nc(CCOCC)nc2sc3c(c12)CCC3. The highest BCUT2D eigenvalue weighted by Crippen LogP contribution is 2.39. The lowest BCUT2D eigenvalue weighted by Gasteiger charge is -2.09. The van der Waals surface area contributed by atoms with Crippen molar-refractivity contribution in [3.05, 3.63) is 16.3 Å². The van der Waals surface area contributed by atoms with Crippen LogP contribution in [-0.4, -0.2) is 29.7 Å². The van der Waals surface area contributed by atoms with Crippen molar-refractivity contribution in [1.29, 1.82) is 0 Å². The second-order valence-corrected chi connectivity index (χ2v) is 6.48. The Hall–Kier alpha value is -1.20. The summed E-state index contributed by atoms with van der Waals surface area (Å²) in [6, 6.07) is 0. The molecule has 0 atom stereocenters. The maximum absolute atomic E-state index is 5.43. The van der Waals surface area contributed by atoms with E-state index in [9.17, 15) is 0 Å². The normalized spacial score (nSPS) is 13.8. The average Bonchev–Trinajstić information content (AvgIpc) is 3.05. The van der Waals surface area contributed by atoms with Gasteiger partial charge in [-0.25, -0.2) is 9.97 Å². The minimum atomic E-state index is 0.695. The van der Waals surface area contributed by atoms with Gasteiger partial charge in [0.25, 0.3) is 0 Å². The first kappa shape index (κ1) is 14.7. The quantitative estimate of drug-likeness (QED) is 0.794. The number of fused-ring (bicyclic) bond motifs is 3. The van der Waals surface area contributed by atoms with Gasteiger partial charge in [-0.1, -0.05) is 6.92 Å². The molecule has 0 bridgehead atoms. The van der Waals surface area contributed by atoms with Gasteiger partial charge in [0.05, 0.1) is 12.0 Å². The molecule has 0 aliphatic heterocycles. The van der Waals surface area contributed by atoms with Crippen molar-refractivity contribution in [3.8, 4) is 0 Å². The highest BCUT2D eigenvalue weighted by molar-refractivity contribution is 7.19. The summed E-state index contributed by atoms with van der Waals surface area (Å²) in [5.41, 5.74) is 1.49. The molecule has 0 fully saturated rings. The van der Waals surface area contributed by atoms with Gasteiger partial charge < -0.3 is 10.1 Å². The predicted octanol–water partition coefficient (Wildman–Crippen LogP) is 3.58. The lowest BCUT2D eigenvalue weighted by Crippen LogP contribution is -2.08. The van der Waals surface area contributed by atoms with E-state index in [1.807, 2.05) is 18.3 Å². The van der Waals surface area contributed by atoms with Gasteiger partial charge in [0.1, 0.15) is 16.5 Å². The Kier molecular flexibility index (Phi) is 4.70. The first-order chi connectivity index (χ1) is 10.3. The van der Waals surface area contributed by atoms with Crippen molar-refractivity contribution in [3.63, 3.8) is 0 Å². The van der Waals surface area contributed by atoms with Crippen LogP contribution in [0.1, 0.15) is 43.0 Å². The van der Waals surface area contributed by atoms with Gasteiger partial charge in [-0.15, -0.1) is 11.3 Å². The number of hydrogen-bond donors (Lipinski definition) is 1. The molecule has 0 saturated carbocycles. The summed E-state index contributed by atoms with van der Waals surface area (Å²) in [6.45, 7) is 6.60. The molecule has 1 aliphatic carbocycles. The van der Waals surface area contributed by atoms with Crippen molar-refractivity contribution >= 4 is 27.4 Å². The van der Waals surface area contributed by atoms with E-state index < -0.39 is 0 Å². The van der Waals surface area contributed by atoms with E-state index in [-0.39, 0.29) is 0 Å². The second-order valence-electron chi connectivity index (χ2n) is 5.40. The van der Waals surface area contributed by atoms with Crippen LogP contribution in [0.3, 0.4) is 0 Å². The number of thiophene rings is 1. The molecule has 1 aliphatic rings. The molecule has 114 valence electrons. The van der Waals surface area contributed by atoms with E-state index in [1.54, 1.807) is 0 Å². The molecular formula is C16H23N3OS. The summed E-state index contributed by atoms with van der Waals surface area (Å²) >= 11 is 1.86. The number of ether oxygens (including phenoxy) is 1. The monoisotopic (exact) mass is 305 g/mol. The van der Waals surface area contributed by atoms with E-state index in [2.05, 4.69) is 12.2 Å². The molecule has 0 aromatic carbocycles. The fraction of sp³-hybridized carbons (Fsp3) is 0.625. The van der Waals surface area contributed by atoms with Gasteiger partial charge >= 0.3 is 0 Å². The molecule has 0 radical (unpaired) electrons. The fourth-order valence-corrected chi connectivity index (χ4v) is 4.11. The minimum Gasteiger partial charge on any atom is -0.381 e. The third-order valence-corrected chi connectivity index (χ3v) is 5.01. The van der Waals surface area contributed by atoms with E-state index in [0.717, 1.165) is 42.5 Å². The number of anilines is 1. The summed E-state index contributed by atoms with van der Waals surface area (Å²) < 4.78 is 5.43. The predicted molar refractivity (Wildman–Crippen MR) is 88.4 cm³/mol. The number of nitrogens with zero attached hydrogens (tertiary/aromatic N) is 2. The summed E-state index contributed by atoms with van der Waals surface area (Å²) in [7, 11) is 0. The highest BCUT2D eigenvalue weighted by atomic mass is 32.1. The van der Waals surface area contributed by atoms with Crippen molar-refractivity contribution in [2.75, 3.05) is 25.1 Å². The molecule has 2 heterocycles. The lowest BCUT2D eigenvalue weighted by atomic mass is 10.2. The number of nitrogens with one attached hydrogen (secondary N) is 1. The van der Waals surface area contributed by atoms with Crippen LogP contribution >= 0.6 is 11.3 Å². The van der Waals surface area contributed by atoms with E-state index in [4.69, 9.17) is 14.7 Å². The van der Waals surface area contributed by atoms with Crippen LogP contribution in [0, 0.1) is 0 Å². The number of aromatic nitrogens is 2. The van der Waals surface area contributed by atoms with Crippen molar-refractivity contribution in [1.82, 2.24) is 9.97 Å². The topological polar surface area (TPSA) is 47.0 Å². The molecule has 2 aromatic rings. The lowest BCUT2D eigenvalue weighted by molar-refractivity contribution is 0.149. The van der Waals surface area contributed by atoms with Crippen LogP contribution in [0.5, 0.6) is 0 Å². The fourth-order valence-electron chi connectivity index (χ4n) is 2.83. The van der Waals surface area contributed by atoms with Crippen LogP contribution in [0.4, 0.5) is 5.82 Å². The Morgan fingerprint density at radius 3 is 2.95 bits per heavy atom. The van der Waals surface area contributed by atoms with Crippen molar-refractivity contribution in [2.24, 2.45) is 0 Å². The number of aryl methyl sites for hydroxylation is 2.